The maximum Gasteiger partial charge on any atom is 0.110 e. The zero-order valence-corrected chi connectivity index (χ0v) is 7.78. The van der Waals surface area contributed by atoms with E-state index in [2.05, 4.69) is 19.2 Å². The molecule has 0 radical (unpaired) electrons. The summed E-state index contributed by atoms with van der Waals surface area (Å²) in [6.45, 7) is 5.10. The minimum Gasteiger partial charge on any atom is -0.396 e. The van der Waals surface area contributed by atoms with Crippen LogP contribution in [0.3, 0.4) is 0 Å². The highest BCUT2D eigenvalue weighted by Gasteiger charge is 2.29. The largest absolute Gasteiger partial charge is 0.396 e. The SMILES string of the molecule is CC1(C)COC(CCO)N1.Cl. The Balaban J connectivity index is 0.000001000. The lowest BCUT2D eigenvalue weighted by Crippen LogP contribution is -2.39. The third-order valence-electron chi connectivity index (χ3n) is 1.59. The minimum absolute atomic E-state index is 0. The Hall–Kier alpha value is 0.170. The van der Waals surface area contributed by atoms with E-state index in [0.717, 1.165) is 6.61 Å². The van der Waals surface area contributed by atoms with Crippen LogP contribution in [0.15, 0.2) is 0 Å². The predicted octanol–water partition coefficient (Wildman–Crippen LogP) is 0.515. The third kappa shape index (κ3) is 3.38. The quantitative estimate of drug-likeness (QED) is 0.653. The molecule has 4 heteroatoms. The summed E-state index contributed by atoms with van der Waals surface area (Å²) < 4.78 is 5.34. The van der Waals surface area contributed by atoms with Crippen LogP contribution in [0.25, 0.3) is 0 Å². The lowest BCUT2D eigenvalue weighted by molar-refractivity contribution is 0.0756. The van der Waals surface area contributed by atoms with Crippen LogP contribution in [-0.2, 0) is 4.74 Å². The van der Waals surface area contributed by atoms with Crippen molar-refractivity contribution in [3.63, 3.8) is 0 Å². The van der Waals surface area contributed by atoms with Gasteiger partial charge in [-0.3, -0.25) is 5.32 Å². The number of rotatable bonds is 2. The van der Waals surface area contributed by atoms with Gasteiger partial charge in [-0.2, -0.15) is 0 Å². The highest BCUT2D eigenvalue weighted by molar-refractivity contribution is 5.85. The summed E-state index contributed by atoms with van der Waals surface area (Å²) in [6.07, 6.45) is 0.740. The van der Waals surface area contributed by atoms with Crippen molar-refractivity contribution in [1.82, 2.24) is 5.32 Å². The highest BCUT2D eigenvalue weighted by atomic mass is 35.5. The average Bonchev–Trinajstić information content (AvgIpc) is 2.12. The number of ether oxygens (including phenoxy) is 1. The predicted molar refractivity (Wildman–Crippen MR) is 45.9 cm³/mol. The van der Waals surface area contributed by atoms with Crippen LogP contribution in [0.4, 0.5) is 0 Å². The maximum atomic E-state index is 8.58. The molecule has 11 heavy (non-hydrogen) atoms. The van der Waals surface area contributed by atoms with Gasteiger partial charge in [0.15, 0.2) is 0 Å². The number of aliphatic hydroxyl groups is 1. The Labute approximate surface area is 73.5 Å². The Morgan fingerprint density at radius 3 is 2.64 bits per heavy atom. The molecular formula is C7H16ClNO2. The van der Waals surface area contributed by atoms with Gasteiger partial charge < -0.3 is 9.84 Å². The van der Waals surface area contributed by atoms with Gasteiger partial charge in [-0.1, -0.05) is 0 Å². The van der Waals surface area contributed by atoms with Crippen LogP contribution in [-0.4, -0.2) is 30.1 Å². The summed E-state index contributed by atoms with van der Waals surface area (Å²) in [6, 6.07) is 0. The van der Waals surface area contributed by atoms with E-state index in [1.807, 2.05) is 0 Å². The molecule has 1 atom stereocenters. The van der Waals surface area contributed by atoms with E-state index in [0.29, 0.717) is 6.42 Å². The van der Waals surface area contributed by atoms with Crippen molar-refractivity contribution in [1.29, 1.82) is 0 Å². The third-order valence-corrected chi connectivity index (χ3v) is 1.59. The van der Waals surface area contributed by atoms with E-state index in [9.17, 15) is 0 Å². The smallest absolute Gasteiger partial charge is 0.110 e. The second-order valence-corrected chi connectivity index (χ2v) is 3.34. The molecule has 0 aromatic rings. The molecule has 1 fully saturated rings. The summed E-state index contributed by atoms with van der Waals surface area (Å²) in [5.74, 6) is 0. The molecule has 0 aliphatic carbocycles. The van der Waals surface area contributed by atoms with Gasteiger partial charge in [-0.05, 0) is 13.8 Å². The topological polar surface area (TPSA) is 41.5 Å². The first-order chi connectivity index (χ1) is 4.64. The molecule has 3 nitrogen and oxygen atoms in total. The van der Waals surface area contributed by atoms with Crippen LogP contribution in [0.2, 0.25) is 0 Å². The second kappa shape index (κ2) is 4.26. The van der Waals surface area contributed by atoms with Gasteiger partial charge in [0, 0.05) is 18.6 Å². The average molecular weight is 182 g/mol. The molecule has 0 aromatic carbocycles. The normalized spacial score (nSPS) is 28.1. The molecule has 0 bridgehead atoms. The van der Waals surface area contributed by atoms with Crippen LogP contribution in [0.5, 0.6) is 0 Å². The summed E-state index contributed by atoms with van der Waals surface area (Å²) in [5.41, 5.74) is 0.0832. The van der Waals surface area contributed by atoms with Gasteiger partial charge >= 0.3 is 0 Å². The number of halogens is 1. The summed E-state index contributed by atoms with van der Waals surface area (Å²) >= 11 is 0. The van der Waals surface area contributed by atoms with Crippen molar-refractivity contribution in [2.45, 2.75) is 32.0 Å². The summed E-state index contributed by atoms with van der Waals surface area (Å²) in [4.78, 5) is 0. The Kier molecular flexibility index (Phi) is 4.32. The number of aliphatic hydroxyl groups excluding tert-OH is 1. The zero-order chi connectivity index (χ0) is 7.61. The van der Waals surface area contributed by atoms with Gasteiger partial charge in [-0.15, -0.1) is 12.4 Å². The van der Waals surface area contributed by atoms with Crippen molar-refractivity contribution < 1.29 is 9.84 Å². The molecule has 1 aliphatic rings. The molecule has 0 aromatic heterocycles. The summed E-state index contributed by atoms with van der Waals surface area (Å²) in [7, 11) is 0. The minimum atomic E-state index is 0. The Morgan fingerprint density at radius 1 is 1.64 bits per heavy atom. The molecule has 0 spiro atoms. The van der Waals surface area contributed by atoms with E-state index in [4.69, 9.17) is 9.84 Å². The van der Waals surface area contributed by atoms with Crippen molar-refractivity contribution in [3.8, 4) is 0 Å². The Morgan fingerprint density at radius 2 is 2.27 bits per heavy atom. The van der Waals surface area contributed by atoms with E-state index in [1.165, 1.54) is 0 Å². The van der Waals surface area contributed by atoms with Gasteiger partial charge in [0.2, 0.25) is 0 Å². The standard InChI is InChI=1S/C7H15NO2.ClH/c1-7(2)5-10-6(8-7)3-4-9;/h6,8-9H,3-5H2,1-2H3;1H. The maximum absolute atomic E-state index is 8.58. The Bertz CT molecular complexity index is 119. The molecule has 1 saturated heterocycles. The molecule has 2 N–H and O–H groups in total. The zero-order valence-electron chi connectivity index (χ0n) is 6.96. The van der Waals surface area contributed by atoms with E-state index in [-0.39, 0.29) is 30.8 Å². The number of hydrogen-bond acceptors (Lipinski definition) is 3. The van der Waals surface area contributed by atoms with E-state index in [1.54, 1.807) is 0 Å². The van der Waals surface area contributed by atoms with E-state index >= 15 is 0 Å². The van der Waals surface area contributed by atoms with E-state index < -0.39 is 0 Å². The fraction of sp³-hybridized carbons (Fsp3) is 1.00. The lowest BCUT2D eigenvalue weighted by Gasteiger charge is -2.16. The number of nitrogens with one attached hydrogen (secondary N) is 1. The lowest BCUT2D eigenvalue weighted by atomic mass is 10.1. The molecule has 1 rings (SSSR count). The molecule has 1 unspecified atom stereocenters. The molecule has 0 amide bonds. The molecule has 0 saturated carbocycles. The van der Waals surface area contributed by atoms with Crippen molar-refractivity contribution >= 4 is 12.4 Å². The number of hydrogen-bond donors (Lipinski definition) is 2. The molecule has 1 aliphatic heterocycles. The van der Waals surface area contributed by atoms with Crippen LogP contribution in [0, 0.1) is 0 Å². The molecule has 1 heterocycles. The highest BCUT2D eigenvalue weighted by Crippen LogP contribution is 2.14. The first kappa shape index (κ1) is 11.2. The first-order valence-corrected chi connectivity index (χ1v) is 3.64. The van der Waals surface area contributed by atoms with Crippen molar-refractivity contribution in [3.05, 3.63) is 0 Å². The van der Waals surface area contributed by atoms with Gasteiger partial charge in [0.25, 0.3) is 0 Å². The van der Waals surface area contributed by atoms with Gasteiger partial charge in [-0.25, -0.2) is 0 Å². The second-order valence-electron chi connectivity index (χ2n) is 3.34. The first-order valence-electron chi connectivity index (χ1n) is 3.64. The van der Waals surface area contributed by atoms with Gasteiger partial charge in [0.1, 0.15) is 6.23 Å². The molecule has 68 valence electrons. The summed E-state index contributed by atoms with van der Waals surface area (Å²) in [5, 5.41) is 11.8. The van der Waals surface area contributed by atoms with Gasteiger partial charge in [0.05, 0.1) is 6.61 Å². The monoisotopic (exact) mass is 181 g/mol. The fourth-order valence-electron chi connectivity index (χ4n) is 1.10. The van der Waals surface area contributed by atoms with Crippen LogP contribution < -0.4 is 5.32 Å². The van der Waals surface area contributed by atoms with Crippen molar-refractivity contribution in [2.75, 3.05) is 13.2 Å². The van der Waals surface area contributed by atoms with Crippen molar-refractivity contribution in [2.24, 2.45) is 0 Å². The van der Waals surface area contributed by atoms with Crippen LogP contribution >= 0.6 is 12.4 Å². The fourth-order valence-corrected chi connectivity index (χ4v) is 1.10. The van der Waals surface area contributed by atoms with Crippen LogP contribution in [0.1, 0.15) is 20.3 Å². The molecular weight excluding hydrogens is 166 g/mol.